The molecule has 1 aliphatic rings. The predicted molar refractivity (Wildman–Crippen MR) is 46.3 cm³/mol. The van der Waals surface area contributed by atoms with Crippen LogP contribution in [0.1, 0.15) is 24.2 Å². The first-order valence-electron chi connectivity index (χ1n) is 4.25. The molecule has 1 N–H and O–H groups in total. The highest BCUT2D eigenvalue weighted by molar-refractivity contribution is 5.45. The number of hydrogen-bond donors (Lipinski definition) is 1. The molecule has 0 bridgehead atoms. The van der Waals surface area contributed by atoms with Crippen molar-refractivity contribution in [1.29, 1.82) is 0 Å². The Morgan fingerprint density at radius 1 is 1.58 bits per heavy atom. The summed E-state index contributed by atoms with van der Waals surface area (Å²) >= 11 is 0. The number of fused-ring (bicyclic) bond motifs is 1. The second kappa shape index (κ2) is 2.79. The fourth-order valence-corrected chi connectivity index (χ4v) is 1.57. The highest BCUT2D eigenvalue weighted by atomic mass is 16.5. The first-order chi connectivity index (χ1) is 5.83. The Bertz CT molecular complexity index is 294. The maximum atomic E-state index is 9.48. The summed E-state index contributed by atoms with van der Waals surface area (Å²) in [6.07, 6.45) is 0.530. The zero-order valence-corrected chi connectivity index (χ0v) is 7.08. The lowest BCUT2D eigenvalue weighted by Crippen LogP contribution is -1.97. The van der Waals surface area contributed by atoms with Crippen LogP contribution in [-0.2, 0) is 6.42 Å². The van der Waals surface area contributed by atoms with Gasteiger partial charge in [-0.2, -0.15) is 0 Å². The smallest absolute Gasteiger partial charge is 0.128 e. The molecule has 0 amide bonds. The molecule has 12 heavy (non-hydrogen) atoms. The summed E-state index contributed by atoms with van der Waals surface area (Å²) in [5.74, 6) is 0.896. The maximum absolute atomic E-state index is 9.48. The summed E-state index contributed by atoms with van der Waals surface area (Å²) < 4.78 is 5.38. The quantitative estimate of drug-likeness (QED) is 0.684. The highest BCUT2D eigenvalue weighted by Gasteiger charge is 2.23. The van der Waals surface area contributed by atoms with Crippen molar-refractivity contribution in [2.24, 2.45) is 0 Å². The number of aliphatic hydroxyl groups is 1. The van der Waals surface area contributed by atoms with E-state index in [-0.39, 0.29) is 0 Å². The van der Waals surface area contributed by atoms with Crippen LogP contribution in [0, 0.1) is 0 Å². The molecule has 0 saturated heterocycles. The van der Waals surface area contributed by atoms with Crippen LogP contribution in [0.15, 0.2) is 18.2 Å². The van der Waals surface area contributed by atoms with Crippen LogP contribution < -0.4 is 4.74 Å². The lowest BCUT2D eigenvalue weighted by Gasteiger charge is -2.04. The van der Waals surface area contributed by atoms with Gasteiger partial charge < -0.3 is 9.84 Å². The van der Waals surface area contributed by atoms with Crippen LogP contribution in [0.25, 0.3) is 0 Å². The van der Waals surface area contributed by atoms with E-state index in [1.54, 1.807) is 0 Å². The predicted octanol–water partition coefficient (Wildman–Crippen LogP) is 1.67. The molecule has 1 heterocycles. The van der Waals surface area contributed by atoms with Gasteiger partial charge in [0.2, 0.25) is 0 Å². The van der Waals surface area contributed by atoms with E-state index in [9.17, 15) is 5.11 Å². The summed E-state index contributed by atoms with van der Waals surface area (Å²) in [4.78, 5) is 0. The van der Waals surface area contributed by atoms with Crippen molar-refractivity contribution in [3.8, 4) is 5.75 Å². The van der Waals surface area contributed by atoms with Crippen molar-refractivity contribution in [2.75, 3.05) is 6.61 Å². The summed E-state index contributed by atoms with van der Waals surface area (Å²) in [6.45, 7) is 2.50. The molecule has 0 fully saturated rings. The third kappa shape index (κ3) is 0.994. The van der Waals surface area contributed by atoms with Gasteiger partial charge in [0.15, 0.2) is 0 Å². The Kier molecular flexibility index (Phi) is 1.77. The molecule has 0 aromatic heterocycles. The van der Waals surface area contributed by atoms with Crippen LogP contribution in [0.4, 0.5) is 0 Å². The van der Waals surface area contributed by atoms with Gasteiger partial charge in [0.25, 0.3) is 0 Å². The second-order valence-electron chi connectivity index (χ2n) is 3.02. The minimum Gasteiger partial charge on any atom is -0.490 e. The number of benzene rings is 1. The number of para-hydroxylation sites is 1. The summed E-state index contributed by atoms with van der Waals surface area (Å²) in [5.41, 5.74) is 2.12. The molecule has 1 aromatic carbocycles. The van der Waals surface area contributed by atoms with E-state index >= 15 is 0 Å². The van der Waals surface area contributed by atoms with Crippen LogP contribution >= 0.6 is 0 Å². The molecule has 1 atom stereocenters. The normalized spacial score (nSPS) is 20.3. The average molecular weight is 164 g/mol. The largest absolute Gasteiger partial charge is 0.490 e. The minimum absolute atomic E-state index is 0.409. The number of rotatable bonds is 1. The van der Waals surface area contributed by atoms with E-state index < -0.39 is 6.10 Å². The lowest BCUT2D eigenvalue weighted by atomic mass is 10.1. The maximum Gasteiger partial charge on any atom is 0.128 e. The molecule has 64 valence electrons. The van der Waals surface area contributed by atoms with Crippen LogP contribution in [0.3, 0.4) is 0 Å². The fourth-order valence-electron chi connectivity index (χ4n) is 1.57. The molecule has 0 aliphatic carbocycles. The van der Waals surface area contributed by atoms with E-state index in [4.69, 9.17) is 4.74 Å². The minimum atomic E-state index is -0.425. The van der Waals surface area contributed by atoms with Gasteiger partial charge in [-0.1, -0.05) is 25.1 Å². The van der Waals surface area contributed by atoms with Crippen LogP contribution in [-0.4, -0.2) is 11.7 Å². The van der Waals surface area contributed by atoms with Crippen molar-refractivity contribution in [1.82, 2.24) is 0 Å². The zero-order valence-electron chi connectivity index (χ0n) is 7.08. The first kappa shape index (κ1) is 7.62. The third-order valence-electron chi connectivity index (χ3n) is 2.25. The van der Waals surface area contributed by atoms with Gasteiger partial charge in [-0.15, -0.1) is 0 Å². The van der Waals surface area contributed by atoms with Crippen LogP contribution in [0.2, 0.25) is 0 Å². The summed E-state index contributed by atoms with van der Waals surface area (Å²) in [7, 11) is 0. The molecule has 0 radical (unpaired) electrons. The van der Waals surface area contributed by atoms with Gasteiger partial charge in [-0.25, -0.2) is 0 Å². The SMILES string of the molecule is CCc1cccc2c1OCC2O. The number of hydrogen-bond acceptors (Lipinski definition) is 2. The fraction of sp³-hybridized carbons (Fsp3) is 0.400. The molecule has 0 spiro atoms. The van der Waals surface area contributed by atoms with Gasteiger partial charge in [0.1, 0.15) is 18.5 Å². The Morgan fingerprint density at radius 3 is 3.17 bits per heavy atom. The highest BCUT2D eigenvalue weighted by Crippen LogP contribution is 2.35. The number of aryl methyl sites for hydroxylation is 1. The summed E-state index contributed by atoms with van der Waals surface area (Å²) in [6, 6.07) is 5.93. The van der Waals surface area contributed by atoms with Gasteiger partial charge in [-0.3, -0.25) is 0 Å². The number of aliphatic hydroxyl groups excluding tert-OH is 1. The molecule has 1 unspecified atom stereocenters. The van der Waals surface area contributed by atoms with Crippen molar-refractivity contribution < 1.29 is 9.84 Å². The van der Waals surface area contributed by atoms with E-state index in [1.165, 1.54) is 5.56 Å². The molecule has 0 saturated carbocycles. The molecule has 2 nitrogen and oxygen atoms in total. The van der Waals surface area contributed by atoms with Crippen LogP contribution in [0.5, 0.6) is 5.75 Å². The van der Waals surface area contributed by atoms with Gasteiger partial charge in [0, 0.05) is 5.56 Å². The zero-order chi connectivity index (χ0) is 8.55. The molecule has 1 aliphatic heterocycles. The topological polar surface area (TPSA) is 29.5 Å². The van der Waals surface area contributed by atoms with E-state index in [0.29, 0.717) is 6.61 Å². The molecule has 2 rings (SSSR count). The molecule has 1 aromatic rings. The number of ether oxygens (including phenoxy) is 1. The Morgan fingerprint density at radius 2 is 2.42 bits per heavy atom. The van der Waals surface area contributed by atoms with Crippen molar-refractivity contribution in [3.05, 3.63) is 29.3 Å². The van der Waals surface area contributed by atoms with Crippen molar-refractivity contribution in [2.45, 2.75) is 19.4 Å². The van der Waals surface area contributed by atoms with Crippen molar-refractivity contribution in [3.63, 3.8) is 0 Å². The first-order valence-corrected chi connectivity index (χ1v) is 4.25. The Hall–Kier alpha value is -1.02. The molecule has 2 heteroatoms. The van der Waals surface area contributed by atoms with E-state index in [2.05, 4.69) is 6.92 Å². The van der Waals surface area contributed by atoms with E-state index in [0.717, 1.165) is 17.7 Å². The van der Waals surface area contributed by atoms with Crippen molar-refractivity contribution >= 4 is 0 Å². The Labute approximate surface area is 71.8 Å². The third-order valence-corrected chi connectivity index (χ3v) is 2.25. The van der Waals surface area contributed by atoms with Gasteiger partial charge in [0.05, 0.1) is 0 Å². The summed E-state index contributed by atoms with van der Waals surface area (Å²) in [5, 5.41) is 9.48. The van der Waals surface area contributed by atoms with Gasteiger partial charge >= 0.3 is 0 Å². The second-order valence-corrected chi connectivity index (χ2v) is 3.02. The molecular formula is C10H12O2. The monoisotopic (exact) mass is 164 g/mol. The van der Waals surface area contributed by atoms with Gasteiger partial charge in [-0.05, 0) is 12.0 Å². The lowest BCUT2D eigenvalue weighted by molar-refractivity contribution is 0.140. The molecular weight excluding hydrogens is 152 g/mol. The average Bonchev–Trinajstić information content (AvgIpc) is 2.48. The Balaban J connectivity index is 2.50. The standard InChI is InChI=1S/C10H12O2/c1-2-7-4-3-5-8-9(11)6-12-10(7)8/h3-5,9,11H,2,6H2,1H3. The van der Waals surface area contributed by atoms with E-state index in [1.807, 2.05) is 18.2 Å².